The quantitative estimate of drug-likeness (QED) is 0.371. The lowest BCUT2D eigenvalue weighted by Crippen LogP contribution is -1.95. The Morgan fingerprint density at radius 3 is 2.06 bits per heavy atom. The lowest BCUT2D eigenvalue weighted by atomic mass is 10.1. The Hall–Kier alpha value is -3.53. The number of fused-ring (bicyclic) bond motifs is 1. The average molecular weight is 454 g/mol. The third-order valence-corrected chi connectivity index (χ3v) is 5.77. The van der Waals surface area contributed by atoms with Gasteiger partial charge in [-0.25, -0.2) is 0 Å². The zero-order valence-corrected chi connectivity index (χ0v) is 18.1. The molecule has 0 unspecified atom stereocenters. The summed E-state index contributed by atoms with van der Waals surface area (Å²) in [6.07, 6.45) is 1.80. The second-order valence-corrected chi connectivity index (χ2v) is 7.41. The monoisotopic (exact) mass is 453 g/mol. The van der Waals surface area contributed by atoms with Crippen LogP contribution in [0.3, 0.4) is 0 Å². The van der Waals surface area contributed by atoms with Gasteiger partial charge in [0, 0.05) is 23.0 Å². The zero-order chi connectivity index (χ0) is 22.1. The highest BCUT2D eigenvalue weighted by molar-refractivity contribution is 6.47. The maximum absolute atomic E-state index is 10.5. The number of nitrogens with one attached hydrogen (secondary N) is 1. The van der Waals surface area contributed by atoms with E-state index in [1.54, 1.807) is 37.1 Å². The van der Waals surface area contributed by atoms with Crippen molar-refractivity contribution in [3.05, 3.63) is 70.3 Å². The van der Waals surface area contributed by atoms with E-state index in [9.17, 15) is 10.4 Å². The molecule has 0 saturated heterocycles. The van der Waals surface area contributed by atoms with E-state index in [0.29, 0.717) is 22.3 Å². The SMILES string of the molecule is COc1ccc(Nc2cn(-c3ccc(OC)cc3)c3c(C#N)c(O)c(Cl)c(Cl)c23)cc1. The van der Waals surface area contributed by atoms with E-state index in [4.69, 9.17) is 32.7 Å². The summed E-state index contributed by atoms with van der Waals surface area (Å²) in [4.78, 5) is 0. The van der Waals surface area contributed by atoms with Gasteiger partial charge in [-0.2, -0.15) is 5.26 Å². The molecule has 3 aromatic carbocycles. The zero-order valence-electron chi connectivity index (χ0n) is 16.6. The Morgan fingerprint density at radius 1 is 0.935 bits per heavy atom. The number of nitriles is 1. The molecule has 31 heavy (non-hydrogen) atoms. The summed E-state index contributed by atoms with van der Waals surface area (Å²) in [5.41, 5.74) is 2.63. The molecule has 4 aromatic rings. The first-order valence-electron chi connectivity index (χ1n) is 9.19. The second-order valence-electron chi connectivity index (χ2n) is 6.65. The van der Waals surface area contributed by atoms with Crippen LogP contribution in [-0.2, 0) is 0 Å². The number of phenolic OH excluding ortho intramolecular Hbond substituents is 1. The first-order valence-corrected chi connectivity index (χ1v) is 9.94. The van der Waals surface area contributed by atoms with Crippen molar-refractivity contribution in [3.63, 3.8) is 0 Å². The molecule has 0 aliphatic rings. The Bertz CT molecular complexity index is 1310. The summed E-state index contributed by atoms with van der Waals surface area (Å²) in [5, 5.41) is 24.2. The van der Waals surface area contributed by atoms with Gasteiger partial charge in [0.25, 0.3) is 0 Å². The molecule has 6 nitrogen and oxygen atoms in total. The van der Waals surface area contributed by atoms with E-state index < -0.39 is 0 Å². The van der Waals surface area contributed by atoms with Gasteiger partial charge >= 0.3 is 0 Å². The normalized spacial score (nSPS) is 10.7. The molecular formula is C23H17Cl2N3O3. The summed E-state index contributed by atoms with van der Waals surface area (Å²) >= 11 is 12.8. The first kappa shape index (κ1) is 20.7. The van der Waals surface area contributed by atoms with Gasteiger partial charge in [0.05, 0.1) is 30.4 Å². The number of nitrogens with zero attached hydrogens (tertiary/aromatic N) is 2. The maximum Gasteiger partial charge on any atom is 0.155 e. The summed E-state index contributed by atoms with van der Waals surface area (Å²) in [6.45, 7) is 0. The highest BCUT2D eigenvalue weighted by Gasteiger charge is 2.24. The van der Waals surface area contributed by atoms with Crippen molar-refractivity contribution in [2.24, 2.45) is 0 Å². The second kappa shape index (κ2) is 8.31. The number of phenols is 1. The van der Waals surface area contributed by atoms with Gasteiger partial charge in [0.2, 0.25) is 0 Å². The number of aromatic hydroxyl groups is 1. The third-order valence-electron chi connectivity index (χ3n) is 4.93. The van der Waals surface area contributed by atoms with Crippen LogP contribution < -0.4 is 14.8 Å². The van der Waals surface area contributed by atoms with Crippen molar-refractivity contribution in [2.45, 2.75) is 0 Å². The molecule has 156 valence electrons. The highest BCUT2D eigenvalue weighted by atomic mass is 35.5. The number of hydrogen-bond donors (Lipinski definition) is 2. The minimum absolute atomic E-state index is 0.0306. The molecule has 2 N–H and O–H groups in total. The summed E-state index contributed by atoms with van der Waals surface area (Å²) < 4.78 is 12.2. The summed E-state index contributed by atoms with van der Waals surface area (Å²) in [5.74, 6) is 1.07. The Balaban J connectivity index is 1.97. The molecule has 0 radical (unpaired) electrons. The molecule has 0 aliphatic carbocycles. The largest absolute Gasteiger partial charge is 0.505 e. The van der Waals surface area contributed by atoms with E-state index in [1.807, 2.05) is 42.5 Å². The molecular weight excluding hydrogens is 437 g/mol. The topological polar surface area (TPSA) is 79.4 Å². The van der Waals surface area contributed by atoms with Crippen LogP contribution in [0.15, 0.2) is 54.7 Å². The maximum atomic E-state index is 10.5. The van der Waals surface area contributed by atoms with Crippen molar-refractivity contribution in [3.8, 4) is 29.0 Å². The summed E-state index contributed by atoms with van der Waals surface area (Å²) in [6, 6.07) is 16.7. The average Bonchev–Trinajstić information content (AvgIpc) is 3.17. The lowest BCUT2D eigenvalue weighted by Gasteiger charge is -2.11. The minimum Gasteiger partial charge on any atom is -0.505 e. The van der Waals surface area contributed by atoms with Crippen molar-refractivity contribution in [2.75, 3.05) is 19.5 Å². The van der Waals surface area contributed by atoms with Gasteiger partial charge in [0.1, 0.15) is 28.2 Å². The molecule has 0 amide bonds. The lowest BCUT2D eigenvalue weighted by molar-refractivity contribution is 0.414. The van der Waals surface area contributed by atoms with Gasteiger partial charge in [-0.15, -0.1) is 0 Å². The molecule has 0 spiro atoms. The number of ether oxygens (including phenoxy) is 2. The van der Waals surface area contributed by atoms with Crippen LogP contribution in [-0.4, -0.2) is 23.9 Å². The molecule has 1 aromatic heterocycles. The number of halogens is 2. The van der Waals surface area contributed by atoms with Crippen LogP contribution in [0.25, 0.3) is 16.6 Å². The van der Waals surface area contributed by atoms with Gasteiger partial charge in [0.15, 0.2) is 5.75 Å². The fourth-order valence-corrected chi connectivity index (χ4v) is 3.86. The minimum atomic E-state index is -0.356. The number of aromatic nitrogens is 1. The van der Waals surface area contributed by atoms with Gasteiger partial charge in [-0.1, -0.05) is 23.2 Å². The number of hydrogen-bond acceptors (Lipinski definition) is 5. The molecule has 4 rings (SSSR count). The number of anilines is 2. The van der Waals surface area contributed by atoms with Crippen LogP contribution in [0.4, 0.5) is 11.4 Å². The van der Waals surface area contributed by atoms with Crippen LogP contribution in [0.1, 0.15) is 5.56 Å². The van der Waals surface area contributed by atoms with Crippen LogP contribution in [0.5, 0.6) is 17.2 Å². The number of methoxy groups -OCH3 is 2. The molecule has 0 aliphatic heterocycles. The Labute approximate surface area is 188 Å². The predicted octanol–water partition coefficient (Wildman–Crippen LogP) is 6.28. The van der Waals surface area contributed by atoms with Crippen LogP contribution >= 0.6 is 23.2 Å². The van der Waals surface area contributed by atoms with E-state index in [1.165, 1.54) is 0 Å². The van der Waals surface area contributed by atoms with E-state index in [0.717, 1.165) is 17.1 Å². The molecule has 0 atom stereocenters. The van der Waals surface area contributed by atoms with Gasteiger partial charge in [-0.3, -0.25) is 0 Å². The van der Waals surface area contributed by atoms with Crippen molar-refractivity contribution < 1.29 is 14.6 Å². The van der Waals surface area contributed by atoms with Crippen molar-refractivity contribution >= 4 is 45.5 Å². The van der Waals surface area contributed by atoms with Gasteiger partial charge < -0.3 is 24.5 Å². The van der Waals surface area contributed by atoms with E-state index in [-0.39, 0.29) is 21.4 Å². The first-order chi connectivity index (χ1) is 15.0. The fraction of sp³-hybridized carbons (Fsp3) is 0.0870. The summed E-state index contributed by atoms with van der Waals surface area (Å²) in [7, 11) is 3.19. The Morgan fingerprint density at radius 2 is 1.52 bits per heavy atom. The third kappa shape index (κ3) is 3.59. The van der Waals surface area contributed by atoms with Crippen LogP contribution in [0, 0.1) is 11.3 Å². The standard InChI is InChI=1S/C23H17Cl2N3O3/c1-30-15-7-3-13(4-8-15)27-18-12-28(14-5-9-16(31-2)10-6-14)22-17(11-26)23(29)21(25)20(24)19(18)22/h3-10,12,27,29H,1-2H3. The molecule has 8 heteroatoms. The predicted molar refractivity (Wildman–Crippen MR) is 123 cm³/mol. The van der Waals surface area contributed by atoms with Crippen molar-refractivity contribution in [1.29, 1.82) is 5.26 Å². The number of rotatable bonds is 5. The fourth-order valence-electron chi connectivity index (χ4n) is 3.39. The van der Waals surface area contributed by atoms with E-state index in [2.05, 4.69) is 5.32 Å². The Kier molecular flexibility index (Phi) is 5.55. The smallest absolute Gasteiger partial charge is 0.155 e. The van der Waals surface area contributed by atoms with Crippen molar-refractivity contribution in [1.82, 2.24) is 4.57 Å². The molecule has 0 saturated carbocycles. The van der Waals surface area contributed by atoms with Crippen LogP contribution in [0.2, 0.25) is 10.0 Å². The molecule has 0 fully saturated rings. The van der Waals surface area contributed by atoms with Gasteiger partial charge in [-0.05, 0) is 48.5 Å². The molecule has 1 heterocycles. The number of benzene rings is 3. The highest BCUT2D eigenvalue weighted by Crippen LogP contribution is 2.46. The van der Waals surface area contributed by atoms with E-state index >= 15 is 0 Å². The molecule has 0 bridgehead atoms.